The topological polar surface area (TPSA) is 20.2 Å². The van der Waals surface area contributed by atoms with E-state index < -0.39 is 6.10 Å². The van der Waals surface area contributed by atoms with E-state index in [0.717, 1.165) is 29.5 Å². The van der Waals surface area contributed by atoms with Gasteiger partial charge in [0, 0.05) is 0 Å². The molecule has 0 saturated heterocycles. The van der Waals surface area contributed by atoms with E-state index in [9.17, 15) is 5.11 Å². The average molecular weight is 274 g/mol. The number of hydrogen-bond donors (Lipinski definition) is 1. The maximum absolute atomic E-state index is 10.9. The van der Waals surface area contributed by atoms with Crippen LogP contribution in [-0.4, -0.2) is 5.11 Å². The number of aryl methyl sites for hydroxylation is 3. The minimum atomic E-state index is -0.559. The summed E-state index contributed by atoms with van der Waals surface area (Å²) in [6.07, 6.45) is 1.68. The second kappa shape index (κ2) is 4.71. The van der Waals surface area contributed by atoms with Gasteiger partial charge >= 0.3 is 0 Å². The first-order valence-electron chi connectivity index (χ1n) is 7.52. The Morgan fingerprint density at radius 2 is 1.57 bits per heavy atom. The molecule has 1 aliphatic carbocycles. The van der Waals surface area contributed by atoms with Gasteiger partial charge in [-0.1, -0.05) is 54.6 Å². The molecule has 3 aromatic carbocycles. The van der Waals surface area contributed by atoms with Crippen LogP contribution in [0.4, 0.5) is 0 Å². The third kappa shape index (κ3) is 1.89. The zero-order chi connectivity index (χ0) is 14.4. The molecule has 0 spiro atoms. The maximum atomic E-state index is 10.9. The van der Waals surface area contributed by atoms with Crippen LogP contribution in [0.2, 0.25) is 0 Å². The fraction of sp³-hybridized carbons (Fsp3) is 0.200. The molecule has 0 radical (unpaired) electrons. The highest BCUT2D eigenvalue weighted by Crippen LogP contribution is 2.37. The molecule has 0 heterocycles. The molecular weight excluding hydrogens is 256 g/mol. The van der Waals surface area contributed by atoms with E-state index in [4.69, 9.17) is 0 Å². The lowest BCUT2D eigenvalue weighted by Gasteiger charge is -2.17. The number of hydrogen-bond acceptors (Lipinski definition) is 1. The summed E-state index contributed by atoms with van der Waals surface area (Å²) in [4.78, 5) is 0. The Morgan fingerprint density at radius 1 is 0.810 bits per heavy atom. The molecule has 21 heavy (non-hydrogen) atoms. The van der Waals surface area contributed by atoms with E-state index in [1.807, 2.05) is 18.2 Å². The molecule has 1 aliphatic rings. The predicted molar refractivity (Wildman–Crippen MR) is 86.6 cm³/mol. The van der Waals surface area contributed by atoms with Gasteiger partial charge in [-0.25, -0.2) is 0 Å². The minimum Gasteiger partial charge on any atom is -0.384 e. The lowest BCUT2D eigenvalue weighted by molar-refractivity contribution is 0.221. The first kappa shape index (κ1) is 12.6. The van der Waals surface area contributed by atoms with Crippen molar-refractivity contribution in [3.63, 3.8) is 0 Å². The summed E-state index contributed by atoms with van der Waals surface area (Å²) >= 11 is 0. The second-order valence-corrected chi connectivity index (χ2v) is 5.91. The Bertz CT molecular complexity index is 822. The van der Waals surface area contributed by atoms with Crippen molar-refractivity contribution in [2.45, 2.75) is 25.9 Å². The van der Waals surface area contributed by atoms with Crippen LogP contribution in [0.5, 0.6) is 0 Å². The van der Waals surface area contributed by atoms with E-state index in [1.165, 1.54) is 21.9 Å². The Hall–Kier alpha value is -2.12. The van der Waals surface area contributed by atoms with Crippen molar-refractivity contribution in [1.29, 1.82) is 0 Å². The molecule has 1 nitrogen and oxygen atoms in total. The Balaban J connectivity index is 1.94. The van der Waals surface area contributed by atoms with Crippen LogP contribution in [0.1, 0.15) is 33.9 Å². The van der Waals surface area contributed by atoms with Gasteiger partial charge in [0.05, 0.1) is 0 Å². The Morgan fingerprint density at radius 3 is 2.38 bits per heavy atom. The van der Waals surface area contributed by atoms with E-state index in [0.29, 0.717) is 0 Å². The summed E-state index contributed by atoms with van der Waals surface area (Å²) in [7, 11) is 0. The van der Waals surface area contributed by atoms with E-state index >= 15 is 0 Å². The molecule has 4 rings (SSSR count). The molecule has 104 valence electrons. The van der Waals surface area contributed by atoms with Crippen molar-refractivity contribution in [2.24, 2.45) is 0 Å². The largest absolute Gasteiger partial charge is 0.384 e. The first-order chi connectivity index (χ1) is 10.3. The molecule has 0 amide bonds. The fourth-order valence-corrected chi connectivity index (χ4v) is 3.57. The lowest BCUT2D eigenvalue weighted by atomic mass is 9.92. The van der Waals surface area contributed by atoms with Crippen molar-refractivity contribution in [3.05, 3.63) is 82.4 Å². The Labute approximate surface area is 124 Å². The number of benzene rings is 3. The first-order valence-corrected chi connectivity index (χ1v) is 7.52. The highest BCUT2D eigenvalue weighted by molar-refractivity contribution is 5.93. The van der Waals surface area contributed by atoms with Crippen molar-refractivity contribution < 1.29 is 5.11 Å². The number of aliphatic hydroxyl groups excluding tert-OH is 1. The normalized spacial score (nSPS) is 14.6. The summed E-state index contributed by atoms with van der Waals surface area (Å²) in [5, 5.41) is 13.4. The third-order valence-electron chi connectivity index (χ3n) is 4.69. The maximum Gasteiger partial charge on any atom is 0.105 e. The summed E-state index contributed by atoms with van der Waals surface area (Å²) in [5.41, 5.74) is 5.99. The van der Waals surface area contributed by atoms with Gasteiger partial charge in [-0.3, -0.25) is 0 Å². The number of rotatable bonds is 2. The molecule has 0 unspecified atom stereocenters. The quantitative estimate of drug-likeness (QED) is 0.737. The van der Waals surface area contributed by atoms with Gasteiger partial charge in [-0.05, 0) is 58.4 Å². The van der Waals surface area contributed by atoms with Crippen molar-refractivity contribution in [2.75, 3.05) is 0 Å². The van der Waals surface area contributed by atoms with Gasteiger partial charge < -0.3 is 5.11 Å². The zero-order valence-electron chi connectivity index (χ0n) is 12.1. The van der Waals surface area contributed by atoms with Gasteiger partial charge in [0.2, 0.25) is 0 Å². The molecule has 0 aliphatic heterocycles. The van der Waals surface area contributed by atoms with Crippen molar-refractivity contribution in [3.8, 4) is 0 Å². The van der Waals surface area contributed by atoms with Gasteiger partial charge in [-0.2, -0.15) is 0 Å². The lowest BCUT2D eigenvalue weighted by Crippen LogP contribution is -2.03. The third-order valence-corrected chi connectivity index (χ3v) is 4.69. The fourth-order valence-electron chi connectivity index (χ4n) is 3.57. The van der Waals surface area contributed by atoms with E-state index in [2.05, 4.69) is 43.3 Å². The highest BCUT2D eigenvalue weighted by atomic mass is 16.3. The molecule has 3 aromatic rings. The molecular formula is C20H18O. The van der Waals surface area contributed by atoms with Crippen LogP contribution in [0.25, 0.3) is 10.8 Å². The predicted octanol–water partition coefficient (Wildman–Crippen LogP) is 4.33. The molecule has 1 N–H and O–H groups in total. The van der Waals surface area contributed by atoms with Crippen LogP contribution < -0.4 is 0 Å². The summed E-state index contributed by atoms with van der Waals surface area (Å²) in [6, 6.07) is 18.8. The summed E-state index contributed by atoms with van der Waals surface area (Å²) in [6.45, 7) is 2.05. The van der Waals surface area contributed by atoms with Crippen molar-refractivity contribution >= 4 is 10.8 Å². The van der Waals surface area contributed by atoms with Gasteiger partial charge in [0.1, 0.15) is 6.10 Å². The molecule has 1 heteroatoms. The highest BCUT2D eigenvalue weighted by Gasteiger charge is 2.20. The standard InChI is InChI=1S/C20H18O/c1-13-5-2-3-7-16(13)20(21)18-12-11-15-10-9-14-6-4-8-17(18)19(14)15/h2-8,11-12,20-21H,9-10H2,1H3/t20-/m0/s1. The number of aliphatic hydroxyl groups is 1. The molecule has 1 atom stereocenters. The Kier molecular flexibility index (Phi) is 2.83. The molecule has 0 aromatic heterocycles. The monoisotopic (exact) mass is 274 g/mol. The van der Waals surface area contributed by atoms with Crippen LogP contribution in [0.15, 0.2) is 54.6 Å². The molecule has 0 saturated carbocycles. The zero-order valence-corrected chi connectivity index (χ0v) is 12.1. The van der Waals surface area contributed by atoms with Gasteiger partial charge in [0.25, 0.3) is 0 Å². The van der Waals surface area contributed by atoms with Crippen LogP contribution >= 0.6 is 0 Å². The SMILES string of the molecule is Cc1ccccc1[C@H](O)c1ccc2c3c(cccc13)CC2. The van der Waals surface area contributed by atoms with Crippen molar-refractivity contribution in [1.82, 2.24) is 0 Å². The van der Waals surface area contributed by atoms with Gasteiger partial charge in [-0.15, -0.1) is 0 Å². The van der Waals surface area contributed by atoms with E-state index in [-0.39, 0.29) is 0 Å². The van der Waals surface area contributed by atoms with Crippen LogP contribution in [0.3, 0.4) is 0 Å². The summed E-state index contributed by atoms with van der Waals surface area (Å²) in [5.74, 6) is 0. The van der Waals surface area contributed by atoms with Gasteiger partial charge in [0.15, 0.2) is 0 Å². The molecule has 0 bridgehead atoms. The minimum absolute atomic E-state index is 0.559. The molecule has 0 fully saturated rings. The average Bonchev–Trinajstić information content (AvgIpc) is 2.93. The second-order valence-electron chi connectivity index (χ2n) is 5.91. The van der Waals surface area contributed by atoms with E-state index in [1.54, 1.807) is 0 Å². The van der Waals surface area contributed by atoms with Crippen LogP contribution in [-0.2, 0) is 12.8 Å². The van der Waals surface area contributed by atoms with Crippen LogP contribution in [0, 0.1) is 6.92 Å². The smallest absolute Gasteiger partial charge is 0.105 e. The summed E-state index contributed by atoms with van der Waals surface area (Å²) < 4.78 is 0.